The van der Waals surface area contributed by atoms with Crippen LogP contribution in [0.3, 0.4) is 0 Å². The molecule has 0 aliphatic rings. The van der Waals surface area contributed by atoms with Gasteiger partial charge in [-0.1, -0.05) is 26.0 Å². The molecule has 1 amide bonds. The number of amides is 1. The fourth-order valence-electron chi connectivity index (χ4n) is 2.10. The predicted octanol–water partition coefficient (Wildman–Crippen LogP) is 2.91. The van der Waals surface area contributed by atoms with Crippen molar-refractivity contribution in [3.8, 4) is 0 Å². The van der Waals surface area contributed by atoms with E-state index in [0.29, 0.717) is 12.5 Å². The van der Waals surface area contributed by atoms with Crippen molar-refractivity contribution < 1.29 is 4.79 Å². The second kappa shape index (κ2) is 9.01. The van der Waals surface area contributed by atoms with Crippen LogP contribution in [0.15, 0.2) is 40.0 Å². The predicted molar refractivity (Wildman–Crippen MR) is 108 cm³/mol. The highest BCUT2D eigenvalue weighted by atomic mass is 32.1. The first-order chi connectivity index (χ1) is 11.9. The molecular weight excluding hydrogens is 352 g/mol. The van der Waals surface area contributed by atoms with Crippen molar-refractivity contribution in [2.45, 2.75) is 25.8 Å². The first kappa shape index (κ1) is 19.5. The minimum absolute atomic E-state index is 0.00882. The molecular formula is C18H26N4OS2. The van der Waals surface area contributed by atoms with Crippen LogP contribution in [0, 0.1) is 0 Å². The van der Waals surface area contributed by atoms with Crippen LogP contribution < -0.4 is 10.6 Å². The fraction of sp³-hybridized carbons (Fsp3) is 0.444. The van der Waals surface area contributed by atoms with Crippen LogP contribution in [0.2, 0.25) is 0 Å². The topological polar surface area (TPSA) is 56.7 Å². The van der Waals surface area contributed by atoms with E-state index in [1.165, 1.54) is 9.75 Å². The lowest BCUT2D eigenvalue weighted by atomic mass is 9.91. The molecule has 0 aliphatic carbocycles. The van der Waals surface area contributed by atoms with Crippen LogP contribution in [-0.4, -0.2) is 44.0 Å². The molecule has 0 saturated carbocycles. The minimum atomic E-state index is -0.0188. The number of carbonyl (C=O) groups is 1. The molecule has 0 bridgehead atoms. The number of nitrogens with one attached hydrogen (secondary N) is 2. The first-order valence-electron chi connectivity index (χ1n) is 8.17. The highest BCUT2D eigenvalue weighted by molar-refractivity contribution is 7.10. The van der Waals surface area contributed by atoms with E-state index in [2.05, 4.69) is 58.4 Å². The van der Waals surface area contributed by atoms with E-state index in [1.54, 1.807) is 41.7 Å². The highest BCUT2D eigenvalue weighted by Crippen LogP contribution is 2.26. The van der Waals surface area contributed by atoms with Crippen molar-refractivity contribution in [2.24, 2.45) is 4.99 Å². The number of aliphatic imine (C=N–C) groups is 1. The van der Waals surface area contributed by atoms with E-state index in [4.69, 9.17) is 0 Å². The van der Waals surface area contributed by atoms with Gasteiger partial charge >= 0.3 is 0 Å². The van der Waals surface area contributed by atoms with Crippen molar-refractivity contribution in [1.82, 2.24) is 15.5 Å². The average Bonchev–Trinajstić information content (AvgIpc) is 3.27. The Kier molecular flexibility index (Phi) is 7.01. The Balaban J connectivity index is 1.99. The number of rotatable bonds is 7. The molecule has 7 heteroatoms. The van der Waals surface area contributed by atoms with Gasteiger partial charge in [-0.25, -0.2) is 4.99 Å². The van der Waals surface area contributed by atoms with Gasteiger partial charge in [-0.3, -0.25) is 4.79 Å². The molecule has 0 aromatic carbocycles. The molecule has 136 valence electrons. The fourth-order valence-corrected chi connectivity index (χ4v) is 3.60. The lowest BCUT2D eigenvalue weighted by molar-refractivity contribution is -0.127. The first-order valence-corrected chi connectivity index (χ1v) is 9.93. The van der Waals surface area contributed by atoms with Crippen molar-refractivity contribution in [3.05, 3.63) is 44.8 Å². The van der Waals surface area contributed by atoms with Gasteiger partial charge in [0.2, 0.25) is 5.91 Å². The van der Waals surface area contributed by atoms with Gasteiger partial charge in [0.25, 0.3) is 0 Å². The minimum Gasteiger partial charge on any atom is -0.355 e. The van der Waals surface area contributed by atoms with Gasteiger partial charge < -0.3 is 15.5 Å². The third-order valence-corrected chi connectivity index (χ3v) is 5.88. The number of nitrogens with zero attached hydrogens (tertiary/aromatic N) is 2. The summed E-state index contributed by atoms with van der Waals surface area (Å²) in [7, 11) is 3.48. The Morgan fingerprint density at radius 1 is 1.16 bits per heavy atom. The quantitative estimate of drug-likeness (QED) is 0.575. The number of carbonyl (C=O) groups excluding carboxylic acids is 1. The van der Waals surface area contributed by atoms with E-state index in [9.17, 15) is 4.79 Å². The van der Waals surface area contributed by atoms with Gasteiger partial charge in [0.1, 0.15) is 6.54 Å². The van der Waals surface area contributed by atoms with Gasteiger partial charge in [0.05, 0.1) is 6.54 Å². The number of hydrogen-bond acceptors (Lipinski definition) is 4. The zero-order valence-electron chi connectivity index (χ0n) is 15.2. The molecule has 0 spiro atoms. The smallest absolute Gasteiger partial charge is 0.243 e. The zero-order valence-corrected chi connectivity index (χ0v) is 16.8. The maximum Gasteiger partial charge on any atom is 0.243 e. The molecule has 2 rings (SSSR count). The normalized spacial score (nSPS) is 12.1. The summed E-state index contributed by atoms with van der Waals surface area (Å²) in [6, 6.07) is 8.33. The summed E-state index contributed by atoms with van der Waals surface area (Å²) in [5, 5.41) is 10.8. The molecule has 0 fully saturated rings. The van der Waals surface area contributed by atoms with Gasteiger partial charge in [-0.05, 0) is 22.9 Å². The van der Waals surface area contributed by atoms with Gasteiger partial charge in [-0.15, -0.1) is 22.7 Å². The molecule has 0 aliphatic heterocycles. The maximum atomic E-state index is 11.8. The summed E-state index contributed by atoms with van der Waals surface area (Å²) in [5.41, 5.74) is -0.00882. The Morgan fingerprint density at radius 3 is 2.48 bits per heavy atom. The average molecular weight is 379 g/mol. The van der Waals surface area contributed by atoms with Gasteiger partial charge in [-0.2, -0.15) is 0 Å². The van der Waals surface area contributed by atoms with Crippen LogP contribution in [0.1, 0.15) is 23.6 Å². The number of likely N-dealkylation sites (N-methyl/N-ethyl adjacent to an activating group) is 1. The van der Waals surface area contributed by atoms with E-state index >= 15 is 0 Å². The largest absolute Gasteiger partial charge is 0.355 e. The molecule has 2 N–H and O–H groups in total. The maximum absolute atomic E-state index is 11.8. The van der Waals surface area contributed by atoms with E-state index < -0.39 is 0 Å². The number of thiophene rings is 2. The van der Waals surface area contributed by atoms with E-state index in [-0.39, 0.29) is 17.9 Å². The molecule has 2 heterocycles. The Bertz CT molecular complexity index is 676. The third-order valence-electron chi connectivity index (χ3n) is 3.77. The molecule has 2 aromatic rings. The van der Waals surface area contributed by atoms with Crippen molar-refractivity contribution in [3.63, 3.8) is 0 Å². The van der Waals surface area contributed by atoms with Crippen molar-refractivity contribution in [1.29, 1.82) is 0 Å². The number of hydrogen-bond donors (Lipinski definition) is 2. The van der Waals surface area contributed by atoms with Crippen LogP contribution in [0.5, 0.6) is 0 Å². The van der Waals surface area contributed by atoms with Crippen LogP contribution >= 0.6 is 22.7 Å². The summed E-state index contributed by atoms with van der Waals surface area (Å²) < 4.78 is 0. The van der Waals surface area contributed by atoms with E-state index in [1.807, 2.05) is 6.07 Å². The molecule has 2 aromatic heterocycles. The van der Waals surface area contributed by atoms with Crippen LogP contribution in [0.25, 0.3) is 0 Å². The standard InChI is InChI=1S/C18H26N4OS2/c1-18(2,15-8-6-10-25-15)13-21-17(20-12-16(23)22(3)4)19-11-14-7-5-9-24-14/h5-10H,11-13H2,1-4H3,(H2,19,20,21). The molecule has 0 saturated heterocycles. The molecule has 0 unspecified atom stereocenters. The monoisotopic (exact) mass is 378 g/mol. The van der Waals surface area contributed by atoms with E-state index in [0.717, 1.165) is 6.54 Å². The van der Waals surface area contributed by atoms with Crippen LogP contribution in [0.4, 0.5) is 0 Å². The summed E-state index contributed by atoms with van der Waals surface area (Å²) >= 11 is 3.45. The Hall–Kier alpha value is -1.86. The van der Waals surface area contributed by atoms with Crippen molar-refractivity contribution >= 4 is 34.5 Å². The van der Waals surface area contributed by atoms with Gasteiger partial charge in [0.15, 0.2) is 5.96 Å². The third kappa shape index (κ3) is 6.17. The summed E-state index contributed by atoms with van der Waals surface area (Å²) in [6.45, 7) is 5.96. The molecule has 0 radical (unpaired) electrons. The molecule has 25 heavy (non-hydrogen) atoms. The molecule has 0 atom stereocenters. The lowest BCUT2D eigenvalue weighted by Gasteiger charge is -2.25. The Morgan fingerprint density at radius 2 is 1.88 bits per heavy atom. The number of guanidine groups is 1. The SMILES string of the molecule is CN(C)C(=O)CN=C(NCc1cccs1)NCC(C)(C)c1cccs1. The Labute approximate surface area is 157 Å². The van der Waals surface area contributed by atoms with Crippen LogP contribution in [-0.2, 0) is 16.8 Å². The molecule has 5 nitrogen and oxygen atoms in total. The summed E-state index contributed by atoms with van der Waals surface area (Å²) in [4.78, 5) is 20.4. The second-order valence-electron chi connectivity index (χ2n) is 6.60. The highest BCUT2D eigenvalue weighted by Gasteiger charge is 2.22. The summed E-state index contributed by atoms with van der Waals surface area (Å²) in [5.74, 6) is 0.642. The second-order valence-corrected chi connectivity index (χ2v) is 8.58. The lowest BCUT2D eigenvalue weighted by Crippen LogP contribution is -2.43. The summed E-state index contributed by atoms with van der Waals surface area (Å²) in [6.07, 6.45) is 0. The zero-order chi connectivity index (χ0) is 18.3. The van der Waals surface area contributed by atoms with Crippen molar-refractivity contribution in [2.75, 3.05) is 27.2 Å². The van der Waals surface area contributed by atoms with Gasteiger partial charge in [0, 0.05) is 35.8 Å².